The first-order valence-corrected chi connectivity index (χ1v) is 6.84. The molecule has 20 heavy (non-hydrogen) atoms. The van der Waals surface area contributed by atoms with Crippen molar-refractivity contribution in [3.05, 3.63) is 24.4 Å². The molecule has 1 aromatic rings. The van der Waals surface area contributed by atoms with Gasteiger partial charge < -0.3 is 9.64 Å². The molecule has 1 fully saturated rings. The van der Waals surface area contributed by atoms with Crippen molar-refractivity contribution in [2.45, 2.75) is 19.8 Å². The maximum atomic E-state index is 12.1. The molecule has 6 nitrogen and oxygen atoms in total. The van der Waals surface area contributed by atoms with Crippen LogP contribution in [0.15, 0.2) is 24.4 Å². The molecule has 1 unspecified atom stereocenters. The lowest BCUT2D eigenvalue weighted by Gasteiger charge is -2.31. The summed E-state index contributed by atoms with van der Waals surface area (Å²) in [6.07, 6.45) is 3.19. The molecule has 6 heteroatoms. The number of esters is 1. The standard InChI is InChI=1S/C14H19N3O3/c1-2-20-13(18)11-6-5-9-17(10-11)14(19)16-12-7-3-4-8-15-12/h3-4,7-8,11H,2,5-6,9-10H2,1H3,(H,15,16,19). The van der Waals surface area contributed by atoms with Gasteiger partial charge in [0, 0.05) is 19.3 Å². The number of urea groups is 1. The molecule has 2 rings (SSSR count). The third kappa shape index (κ3) is 3.69. The summed E-state index contributed by atoms with van der Waals surface area (Å²) in [6.45, 7) is 3.20. The van der Waals surface area contributed by atoms with Gasteiger partial charge in [0.1, 0.15) is 5.82 Å². The summed E-state index contributed by atoms with van der Waals surface area (Å²) in [5.41, 5.74) is 0. The summed E-state index contributed by atoms with van der Waals surface area (Å²) < 4.78 is 5.02. The molecule has 0 saturated carbocycles. The van der Waals surface area contributed by atoms with E-state index in [0.717, 1.165) is 12.8 Å². The number of piperidine rings is 1. The quantitative estimate of drug-likeness (QED) is 0.856. The SMILES string of the molecule is CCOC(=O)C1CCCN(C(=O)Nc2ccccn2)C1. The average molecular weight is 277 g/mol. The second-order valence-electron chi connectivity index (χ2n) is 4.68. The second kappa shape index (κ2) is 6.88. The number of amides is 2. The number of pyridine rings is 1. The van der Waals surface area contributed by atoms with E-state index in [2.05, 4.69) is 10.3 Å². The molecule has 1 aliphatic rings. The van der Waals surface area contributed by atoms with Crippen molar-refractivity contribution < 1.29 is 14.3 Å². The van der Waals surface area contributed by atoms with Crippen LogP contribution in [-0.4, -0.2) is 41.6 Å². The third-order valence-electron chi connectivity index (χ3n) is 3.23. The minimum atomic E-state index is -0.224. The van der Waals surface area contributed by atoms with Crippen molar-refractivity contribution in [3.8, 4) is 0 Å². The van der Waals surface area contributed by atoms with Crippen LogP contribution in [0.1, 0.15) is 19.8 Å². The number of nitrogens with one attached hydrogen (secondary N) is 1. The Morgan fingerprint density at radius 3 is 3.05 bits per heavy atom. The Bertz CT molecular complexity index is 464. The molecule has 2 amide bonds. The number of carbonyl (C=O) groups excluding carboxylic acids is 2. The zero-order valence-corrected chi connectivity index (χ0v) is 11.5. The van der Waals surface area contributed by atoms with Crippen LogP contribution >= 0.6 is 0 Å². The summed E-state index contributed by atoms with van der Waals surface area (Å²) in [5, 5.41) is 2.73. The van der Waals surface area contributed by atoms with Gasteiger partial charge >= 0.3 is 12.0 Å². The normalized spacial score (nSPS) is 18.4. The van der Waals surface area contributed by atoms with E-state index in [1.165, 1.54) is 0 Å². The molecule has 0 spiro atoms. The first kappa shape index (κ1) is 14.3. The summed E-state index contributed by atoms with van der Waals surface area (Å²) in [6, 6.07) is 5.09. The fourth-order valence-corrected chi connectivity index (χ4v) is 2.24. The number of aromatic nitrogens is 1. The highest BCUT2D eigenvalue weighted by Gasteiger charge is 2.29. The minimum Gasteiger partial charge on any atom is -0.466 e. The van der Waals surface area contributed by atoms with Gasteiger partial charge in [0.25, 0.3) is 0 Å². The van der Waals surface area contributed by atoms with Crippen molar-refractivity contribution in [2.75, 3.05) is 25.0 Å². The summed E-state index contributed by atoms with van der Waals surface area (Å²) >= 11 is 0. The van der Waals surface area contributed by atoms with Crippen LogP contribution < -0.4 is 5.32 Å². The molecule has 1 aromatic heterocycles. The van der Waals surface area contributed by atoms with Gasteiger partial charge in [0.05, 0.1) is 12.5 Å². The zero-order chi connectivity index (χ0) is 14.4. The van der Waals surface area contributed by atoms with Gasteiger partial charge in [0.2, 0.25) is 0 Å². The van der Waals surface area contributed by atoms with Gasteiger partial charge in [-0.15, -0.1) is 0 Å². The Hall–Kier alpha value is -2.11. The predicted octanol–water partition coefficient (Wildman–Crippen LogP) is 1.89. The Labute approximate surface area is 118 Å². The number of rotatable bonds is 3. The van der Waals surface area contributed by atoms with Gasteiger partial charge in [-0.2, -0.15) is 0 Å². The van der Waals surface area contributed by atoms with Crippen molar-refractivity contribution in [1.82, 2.24) is 9.88 Å². The second-order valence-corrected chi connectivity index (χ2v) is 4.68. The van der Waals surface area contributed by atoms with E-state index in [9.17, 15) is 9.59 Å². The van der Waals surface area contributed by atoms with E-state index >= 15 is 0 Å². The molecule has 1 saturated heterocycles. The molecule has 0 bridgehead atoms. The Kier molecular flexibility index (Phi) is 4.92. The van der Waals surface area contributed by atoms with Crippen LogP contribution in [0.4, 0.5) is 10.6 Å². The molecular formula is C14H19N3O3. The lowest BCUT2D eigenvalue weighted by atomic mass is 9.98. The highest BCUT2D eigenvalue weighted by molar-refractivity contribution is 5.88. The van der Waals surface area contributed by atoms with Crippen LogP contribution in [0.25, 0.3) is 0 Å². The number of likely N-dealkylation sites (tertiary alicyclic amines) is 1. The fourth-order valence-electron chi connectivity index (χ4n) is 2.24. The number of nitrogens with zero attached hydrogens (tertiary/aromatic N) is 2. The zero-order valence-electron chi connectivity index (χ0n) is 11.5. The molecule has 1 N–H and O–H groups in total. The number of hydrogen-bond acceptors (Lipinski definition) is 4. The number of anilines is 1. The number of ether oxygens (including phenoxy) is 1. The Balaban J connectivity index is 1.91. The highest BCUT2D eigenvalue weighted by atomic mass is 16.5. The van der Waals surface area contributed by atoms with Crippen LogP contribution in [0, 0.1) is 5.92 Å². The lowest BCUT2D eigenvalue weighted by molar-refractivity contribution is -0.149. The van der Waals surface area contributed by atoms with Crippen LogP contribution in [0.2, 0.25) is 0 Å². The van der Waals surface area contributed by atoms with E-state index in [-0.39, 0.29) is 17.9 Å². The van der Waals surface area contributed by atoms with E-state index in [1.807, 2.05) is 0 Å². The summed E-state index contributed by atoms with van der Waals surface area (Å²) in [5.74, 6) is 0.0665. The first-order chi connectivity index (χ1) is 9.70. The number of carbonyl (C=O) groups is 2. The van der Waals surface area contributed by atoms with Gasteiger partial charge in [-0.3, -0.25) is 10.1 Å². The summed E-state index contributed by atoms with van der Waals surface area (Å²) in [4.78, 5) is 29.5. The van der Waals surface area contributed by atoms with Crippen molar-refractivity contribution in [3.63, 3.8) is 0 Å². The van der Waals surface area contributed by atoms with E-state index < -0.39 is 0 Å². The molecule has 0 radical (unpaired) electrons. The lowest BCUT2D eigenvalue weighted by Crippen LogP contribution is -2.44. The maximum Gasteiger partial charge on any atom is 0.323 e. The minimum absolute atomic E-state index is 0.220. The van der Waals surface area contributed by atoms with Crippen LogP contribution in [0.3, 0.4) is 0 Å². The van der Waals surface area contributed by atoms with Gasteiger partial charge in [-0.25, -0.2) is 9.78 Å². The van der Waals surface area contributed by atoms with E-state index in [0.29, 0.717) is 25.5 Å². The average Bonchev–Trinajstić information content (AvgIpc) is 2.48. The highest BCUT2D eigenvalue weighted by Crippen LogP contribution is 2.18. The molecule has 1 atom stereocenters. The van der Waals surface area contributed by atoms with Crippen LogP contribution in [0.5, 0.6) is 0 Å². The van der Waals surface area contributed by atoms with Gasteiger partial charge in [0.15, 0.2) is 0 Å². The summed E-state index contributed by atoms with van der Waals surface area (Å²) in [7, 11) is 0. The fraction of sp³-hybridized carbons (Fsp3) is 0.500. The number of hydrogen-bond donors (Lipinski definition) is 1. The monoisotopic (exact) mass is 277 g/mol. The van der Waals surface area contributed by atoms with Gasteiger partial charge in [-0.1, -0.05) is 6.07 Å². The molecular weight excluding hydrogens is 258 g/mol. The molecule has 0 aliphatic carbocycles. The van der Waals surface area contributed by atoms with E-state index in [4.69, 9.17) is 4.74 Å². The molecule has 1 aliphatic heterocycles. The van der Waals surface area contributed by atoms with Crippen molar-refractivity contribution in [1.29, 1.82) is 0 Å². The van der Waals surface area contributed by atoms with Crippen molar-refractivity contribution in [2.24, 2.45) is 5.92 Å². The van der Waals surface area contributed by atoms with Crippen molar-refractivity contribution >= 4 is 17.8 Å². The third-order valence-corrected chi connectivity index (χ3v) is 3.23. The first-order valence-electron chi connectivity index (χ1n) is 6.84. The Morgan fingerprint density at radius 2 is 2.35 bits per heavy atom. The maximum absolute atomic E-state index is 12.1. The van der Waals surface area contributed by atoms with E-state index in [1.54, 1.807) is 36.2 Å². The molecule has 0 aromatic carbocycles. The van der Waals surface area contributed by atoms with Crippen LogP contribution in [-0.2, 0) is 9.53 Å². The smallest absolute Gasteiger partial charge is 0.323 e. The van der Waals surface area contributed by atoms with Gasteiger partial charge in [-0.05, 0) is 31.9 Å². The molecule has 108 valence electrons. The Morgan fingerprint density at radius 1 is 1.50 bits per heavy atom. The largest absolute Gasteiger partial charge is 0.466 e. The molecule has 2 heterocycles. The topological polar surface area (TPSA) is 71.5 Å². The predicted molar refractivity (Wildman–Crippen MR) is 74.2 cm³/mol.